The third-order valence-corrected chi connectivity index (χ3v) is 3.27. The van der Waals surface area contributed by atoms with Crippen molar-refractivity contribution in [3.8, 4) is 0 Å². The quantitative estimate of drug-likeness (QED) is 0.609. The molecule has 0 spiro atoms. The van der Waals surface area contributed by atoms with E-state index >= 15 is 0 Å². The van der Waals surface area contributed by atoms with E-state index in [-0.39, 0.29) is 17.9 Å². The van der Waals surface area contributed by atoms with Crippen LogP contribution in [0, 0.1) is 20.2 Å². The van der Waals surface area contributed by atoms with E-state index in [0.717, 1.165) is 6.07 Å². The van der Waals surface area contributed by atoms with E-state index < -0.39 is 27.2 Å². The smallest absolute Gasteiger partial charge is 0.415 e. The Morgan fingerprint density at radius 2 is 1.87 bits per heavy atom. The lowest BCUT2D eigenvalue weighted by Crippen LogP contribution is -2.40. The van der Waals surface area contributed by atoms with E-state index in [1.807, 2.05) is 0 Å². The van der Waals surface area contributed by atoms with E-state index in [2.05, 4.69) is 0 Å². The molecule has 0 bridgehead atoms. The van der Waals surface area contributed by atoms with Gasteiger partial charge in [0.2, 0.25) is 0 Å². The molecule has 0 unspecified atom stereocenters. The minimum Gasteiger partial charge on any atom is -0.443 e. The molecule has 23 heavy (non-hydrogen) atoms. The van der Waals surface area contributed by atoms with Crippen molar-refractivity contribution in [3.63, 3.8) is 0 Å². The number of benzene rings is 1. The Hall–Kier alpha value is -2.71. The van der Waals surface area contributed by atoms with Crippen molar-refractivity contribution in [2.24, 2.45) is 0 Å². The molecule has 0 saturated heterocycles. The zero-order valence-corrected chi connectivity index (χ0v) is 13.1. The molecule has 9 nitrogen and oxygen atoms in total. The lowest BCUT2D eigenvalue weighted by atomic mass is 10.00. The molecule has 0 radical (unpaired) electrons. The molecule has 1 aliphatic heterocycles. The van der Waals surface area contributed by atoms with Crippen LogP contribution < -0.4 is 4.90 Å². The fraction of sp³-hybridized carbons (Fsp3) is 0.500. The molecule has 0 saturated carbocycles. The number of aryl methyl sites for hydroxylation is 1. The number of hydrogen-bond donors (Lipinski definition) is 0. The Labute approximate surface area is 132 Å². The number of nitro groups is 2. The average Bonchev–Trinajstić information content (AvgIpc) is 2.43. The first-order valence-corrected chi connectivity index (χ1v) is 7.06. The van der Waals surface area contributed by atoms with Gasteiger partial charge in [0.05, 0.1) is 15.9 Å². The summed E-state index contributed by atoms with van der Waals surface area (Å²) in [5.41, 5.74) is -1.07. The van der Waals surface area contributed by atoms with Crippen LogP contribution in [0.3, 0.4) is 0 Å². The number of carbonyl (C=O) groups is 1. The zero-order valence-electron chi connectivity index (χ0n) is 13.1. The lowest BCUT2D eigenvalue weighted by molar-refractivity contribution is -0.393. The van der Waals surface area contributed by atoms with Crippen molar-refractivity contribution < 1.29 is 19.4 Å². The van der Waals surface area contributed by atoms with Crippen LogP contribution in [0.1, 0.15) is 32.8 Å². The highest BCUT2D eigenvalue weighted by Gasteiger charge is 2.35. The molecule has 9 heteroatoms. The van der Waals surface area contributed by atoms with Crippen LogP contribution in [0.2, 0.25) is 0 Å². The van der Waals surface area contributed by atoms with Crippen LogP contribution in [-0.4, -0.2) is 28.1 Å². The predicted molar refractivity (Wildman–Crippen MR) is 81.7 cm³/mol. The van der Waals surface area contributed by atoms with Gasteiger partial charge in [-0.15, -0.1) is 0 Å². The number of non-ortho nitro benzene ring substituents is 1. The van der Waals surface area contributed by atoms with Gasteiger partial charge in [-0.3, -0.25) is 25.1 Å². The van der Waals surface area contributed by atoms with E-state index in [9.17, 15) is 25.0 Å². The summed E-state index contributed by atoms with van der Waals surface area (Å²) >= 11 is 0. The van der Waals surface area contributed by atoms with Crippen molar-refractivity contribution in [1.29, 1.82) is 0 Å². The number of anilines is 1. The number of nitro benzene ring substituents is 2. The van der Waals surface area contributed by atoms with Gasteiger partial charge in [-0.25, -0.2) is 4.79 Å². The van der Waals surface area contributed by atoms with Crippen LogP contribution in [0.25, 0.3) is 0 Å². The average molecular weight is 323 g/mol. The normalized spacial score (nSPS) is 14.1. The van der Waals surface area contributed by atoms with Crippen LogP contribution in [-0.2, 0) is 11.2 Å². The Morgan fingerprint density at radius 1 is 1.22 bits per heavy atom. The van der Waals surface area contributed by atoms with Gasteiger partial charge in [-0.2, -0.15) is 0 Å². The van der Waals surface area contributed by atoms with E-state index in [0.29, 0.717) is 18.4 Å². The van der Waals surface area contributed by atoms with E-state index in [1.165, 1.54) is 11.0 Å². The molecule has 1 heterocycles. The van der Waals surface area contributed by atoms with Crippen molar-refractivity contribution in [2.75, 3.05) is 11.4 Å². The molecule has 1 amide bonds. The molecule has 2 rings (SSSR count). The van der Waals surface area contributed by atoms with Crippen molar-refractivity contribution in [3.05, 3.63) is 37.9 Å². The predicted octanol–water partition coefficient (Wildman–Crippen LogP) is 3.19. The summed E-state index contributed by atoms with van der Waals surface area (Å²) in [6, 6.07) is 2.15. The molecule has 0 aromatic heterocycles. The first kappa shape index (κ1) is 16.7. The lowest BCUT2D eigenvalue weighted by Gasteiger charge is -2.31. The summed E-state index contributed by atoms with van der Waals surface area (Å²) in [5, 5.41) is 22.2. The van der Waals surface area contributed by atoms with Gasteiger partial charge in [0, 0.05) is 12.6 Å². The molecule has 124 valence electrons. The molecule has 1 aromatic carbocycles. The van der Waals surface area contributed by atoms with Gasteiger partial charge in [0.25, 0.3) is 11.4 Å². The second-order valence-electron chi connectivity index (χ2n) is 6.22. The molecular weight excluding hydrogens is 306 g/mol. The second-order valence-corrected chi connectivity index (χ2v) is 6.22. The van der Waals surface area contributed by atoms with Gasteiger partial charge < -0.3 is 4.74 Å². The molecule has 1 aliphatic rings. The van der Waals surface area contributed by atoms with Gasteiger partial charge in [0.15, 0.2) is 0 Å². The highest BCUT2D eigenvalue weighted by molar-refractivity contribution is 5.93. The summed E-state index contributed by atoms with van der Waals surface area (Å²) in [6.07, 6.45) is 0.275. The summed E-state index contributed by atoms with van der Waals surface area (Å²) in [6.45, 7) is 5.35. The molecule has 0 atom stereocenters. The first-order valence-electron chi connectivity index (χ1n) is 7.06. The number of fused-ring (bicyclic) bond motifs is 1. The zero-order chi connectivity index (χ0) is 17.4. The van der Waals surface area contributed by atoms with E-state index in [4.69, 9.17) is 4.74 Å². The summed E-state index contributed by atoms with van der Waals surface area (Å²) in [7, 11) is 0. The molecular formula is C14H17N3O6. The van der Waals surface area contributed by atoms with Gasteiger partial charge in [-0.05, 0) is 39.2 Å². The highest BCUT2D eigenvalue weighted by atomic mass is 16.6. The Kier molecular flexibility index (Phi) is 4.22. The molecule has 1 aromatic rings. The summed E-state index contributed by atoms with van der Waals surface area (Å²) < 4.78 is 5.28. The van der Waals surface area contributed by atoms with Crippen molar-refractivity contribution in [1.82, 2.24) is 0 Å². The van der Waals surface area contributed by atoms with Crippen LogP contribution >= 0.6 is 0 Å². The minimum atomic E-state index is -0.746. The number of ether oxygens (including phenoxy) is 1. The maximum Gasteiger partial charge on any atom is 0.415 e. The van der Waals surface area contributed by atoms with Crippen LogP contribution in [0.15, 0.2) is 12.1 Å². The maximum atomic E-state index is 12.3. The number of rotatable bonds is 2. The Balaban J connectivity index is 2.54. The van der Waals surface area contributed by atoms with Crippen molar-refractivity contribution in [2.45, 2.75) is 39.2 Å². The number of carbonyl (C=O) groups excluding carboxylic acids is 1. The topological polar surface area (TPSA) is 116 Å². The summed E-state index contributed by atoms with van der Waals surface area (Å²) in [4.78, 5) is 34.4. The monoisotopic (exact) mass is 323 g/mol. The largest absolute Gasteiger partial charge is 0.443 e. The minimum absolute atomic E-state index is 0.0844. The van der Waals surface area contributed by atoms with E-state index in [1.54, 1.807) is 20.8 Å². The van der Waals surface area contributed by atoms with Gasteiger partial charge in [0.1, 0.15) is 11.3 Å². The van der Waals surface area contributed by atoms with Crippen LogP contribution in [0.4, 0.5) is 21.9 Å². The number of nitrogens with zero attached hydrogens (tertiary/aromatic N) is 3. The Bertz CT molecular complexity index is 680. The fourth-order valence-corrected chi connectivity index (χ4v) is 2.45. The molecule has 0 aliphatic carbocycles. The number of amides is 1. The summed E-state index contributed by atoms with van der Waals surface area (Å²) in [5.74, 6) is 0. The SMILES string of the molecule is CC(C)(C)OC(=O)N1CCCc2cc([N+](=O)[O-])cc([N+](=O)[O-])c21. The second kappa shape index (κ2) is 5.82. The molecule has 0 fully saturated rings. The van der Waals surface area contributed by atoms with Gasteiger partial charge >= 0.3 is 6.09 Å². The van der Waals surface area contributed by atoms with Crippen molar-refractivity contribution >= 4 is 23.2 Å². The fourth-order valence-electron chi connectivity index (χ4n) is 2.45. The number of hydrogen-bond acceptors (Lipinski definition) is 6. The highest BCUT2D eigenvalue weighted by Crippen LogP contribution is 2.39. The standard InChI is InChI=1S/C14H17N3O6/c1-14(2,3)23-13(18)15-6-4-5-9-7-10(16(19)20)8-11(12(9)15)17(21)22/h7-8H,4-6H2,1-3H3. The maximum absolute atomic E-state index is 12.3. The third kappa shape index (κ3) is 3.55. The Morgan fingerprint density at radius 3 is 2.39 bits per heavy atom. The first-order chi connectivity index (χ1) is 10.6. The third-order valence-electron chi connectivity index (χ3n) is 3.27. The van der Waals surface area contributed by atoms with Crippen LogP contribution in [0.5, 0.6) is 0 Å². The van der Waals surface area contributed by atoms with Gasteiger partial charge in [-0.1, -0.05) is 0 Å². The molecule has 0 N–H and O–H groups in total.